The minimum Gasteiger partial charge on any atom is -0.478 e. The van der Waals surface area contributed by atoms with Crippen LogP contribution in [0.5, 0.6) is 0 Å². The van der Waals surface area contributed by atoms with Gasteiger partial charge in [0.15, 0.2) is 0 Å². The Morgan fingerprint density at radius 1 is 1.09 bits per heavy atom. The van der Waals surface area contributed by atoms with Crippen molar-refractivity contribution in [2.45, 2.75) is 26.7 Å². The Morgan fingerprint density at radius 2 is 1.86 bits per heavy atom. The number of hydrogen-bond acceptors (Lipinski definition) is 7. The molecule has 0 aliphatic carbocycles. The van der Waals surface area contributed by atoms with E-state index < -0.39 is 5.97 Å². The van der Waals surface area contributed by atoms with E-state index in [9.17, 15) is 9.59 Å². The van der Waals surface area contributed by atoms with Crippen LogP contribution in [0.15, 0.2) is 59.4 Å². The number of carboxylic acid groups (broad SMARTS) is 1. The predicted molar refractivity (Wildman–Crippen MR) is 137 cm³/mol. The monoisotopic (exact) mass is 470 g/mol. The number of aromatic nitrogens is 4. The Balaban J connectivity index is 1.61. The number of benzene rings is 2. The largest absolute Gasteiger partial charge is 0.478 e. The molecule has 0 aliphatic rings. The number of nitrogens with zero attached hydrogens (tertiary/aromatic N) is 4. The molecule has 0 unspecified atom stereocenters. The number of aliphatic carboxylic acids is 1. The Labute approximate surface area is 202 Å². The lowest BCUT2D eigenvalue weighted by molar-refractivity contribution is -0.131. The zero-order chi connectivity index (χ0) is 24.9. The van der Waals surface area contributed by atoms with Gasteiger partial charge in [-0.05, 0) is 50.1 Å². The Hall–Kier alpha value is -4.53. The summed E-state index contributed by atoms with van der Waals surface area (Å²) in [4.78, 5) is 37.6. The zero-order valence-corrected chi connectivity index (χ0v) is 19.5. The number of nitrogens with one attached hydrogen (secondary N) is 1. The predicted octanol–water partition coefficient (Wildman–Crippen LogP) is 3.52. The van der Waals surface area contributed by atoms with Crippen LogP contribution in [0.3, 0.4) is 0 Å². The van der Waals surface area contributed by atoms with E-state index in [0.29, 0.717) is 53.2 Å². The van der Waals surface area contributed by atoms with E-state index in [1.165, 1.54) is 6.08 Å². The third-order valence-electron chi connectivity index (χ3n) is 5.61. The number of hydrogen-bond donors (Lipinski definition) is 3. The molecule has 2 heterocycles. The van der Waals surface area contributed by atoms with E-state index in [1.54, 1.807) is 11.5 Å². The molecule has 9 nitrogen and oxygen atoms in total. The molecule has 4 rings (SSSR count). The van der Waals surface area contributed by atoms with Crippen LogP contribution in [0.2, 0.25) is 0 Å². The van der Waals surface area contributed by atoms with Gasteiger partial charge >= 0.3 is 5.97 Å². The first-order chi connectivity index (χ1) is 16.8. The van der Waals surface area contributed by atoms with Crippen molar-refractivity contribution in [3.8, 4) is 5.69 Å². The van der Waals surface area contributed by atoms with Gasteiger partial charge in [0.25, 0.3) is 5.56 Å². The fourth-order valence-electron chi connectivity index (χ4n) is 4.00. The molecular formula is C26H26N6O3. The van der Waals surface area contributed by atoms with Crippen molar-refractivity contribution in [1.29, 1.82) is 0 Å². The normalized spacial score (nSPS) is 11.3. The molecule has 2 aromatic heterocycles. The SMILES string of the molecule is Cc1nc(N)nc(NCCCc2nc3cccc(C)c3c(=O)n2-c2ccccc2)c1C=CC(=O)O. The quantitative estimate of drug-likeness (QED) is 0.263. The van der Waals surface area contributed by atoms with Crippen molar-refractivity contribution in [1.82, 2.24) is 19.5 Å². The first-order valence-corrected chi connectivity index (χ1v) is 11.2. The van der Waals surface area contributed by atoms with Gasteiger partial charge in [0, 0.05) is 24.6 Å². The Morgan fingerprint density at radius 3 is 2.60 bits per heavy atom. The van der Waals surface area contributed by atoms with E-state index in [0.717, 1.165) is 17.3 Å². The lowest BCUT2D eigenvalue weighted by atomic mass is 10.1. The highest BCUT2D eigenvalue weighted by atomic mass is 16.4. The smallest absolute Gasteiger partial charge is 0.328 e. The number of rotatable bonds is 8. The minimum absolute atomic E-state index is 0.0949. The van der Waals surface area contributed by atoms with Gasteiger partial charge in [-0.2, -0.15) is 4.98 Å². The number of carbonyl (C=O) groups is 1. The highest BCUT2D eigenvalue weighted by Gasteiger charge is 2.14. The summed E-state index contributed by atoms with van der Waals surface area (Å²) in [5.74, 6) is 0.145. The topological polar surface area (TPSA) is 136 Å². The van der Waals surface area contributed by atoms with Gasteiger partial charge in [0.1, 0.15) is 11.6 Å². The summed E-state index contributed by atoms with van der Waals surface area (Å²) in [7, 11) is 0. The molecule has 9 heteroatoms. The zero-order valence-electron chi connectivity index (χ0n) is 19.5. The molecule has 0 radical (unpaired) electrons. The lowest BCUT2D eigenvalue weighted by Gasteiger charge is -2.15. The molecule has 4 aromatic rings. The fourth-order valence-corrected chi connectivity index (χ4v) is 4.00. The van der Waals surface area contributed by atoms with Gasteiger partial charge in [0.2, 0.25) is 5.95 Å². The van der Waals surface area contributed by atoms with Crippen molar-refractivity contribution in [3.63, 3.8) is 0 Å². The molecule has 0 amide bonds. The van der Waals surface area contributed by atoms with Crippen LogP contribution in [0.4, 0.5) is 11.8 Å². The average molecular weight is 471 g/mol. The molecule has 0 atom stereocenters. The van der Waals surface area contributed by atoms with E-state index >= 15 is 0 Å². The summed E-state index contributed by atoms with van der Waals surface area (Å²) < 4.78 is 1.67. The second kappa shape index (κ2) is 10.2. The maximum absolute atomic E-state index is 13.5. The van der Waals surface area contributed by atoms with Crippen LogP contribution in [0.1, 0.15) is 29.1 Å². The van der Waals surface area contributed by atoms with Crippen molar-refractivity contribution in [2.24, 2.45) is 0 Å². The van der Waals surface area contributed by atoms with Gasteiger partial charge in [-0.1, -0.05) is 30.3 Å². The van der Waals surface area contributed by atoms with Crippen LogP contribution in [0.25, 0.3) is 22.7 Å². The summed E-state index contributed by atoms with van der Waals surface area (Å²) in [6, 6.07) is 15.1. The van der Waals surface area contributed by atoms with Crippen molar-refractivity contribution < 1.29 is 9.90 Å². The van der Waals surface area contributed by atoms with Gasteiger partial charge in [-0.15, -0.1) is 0 Å². The number of aryl methyl sites for hydroxylation is 3. The van der Waals surface area contributed by atoms with Gasteiger partial charge in [0.05, 0.1) is 22.3 Å². The first-order valence-electron chi connectivity index (χ1n) is 11.2. The first kappa shape index (κ1) is 23.6. The maximum atomic E-state index is 13.5. The average Bonchev–Trinajstić information content (AvgIpc) is 2.81. The van der Waals surface area contributed by atoms with Gasteiger partial charge in [-0.3, -0.25) is 9.36 Å². The van der Waals surface area contributed by atoms with Crippen LogP contribution in [-0.2, 0) is 11.2 Å². The second-order valence-electron chi connectivity index (χ2n) is 8.10. The number of nitrogen functional groups attached to an aromatic ring is 1. The van der Waals surface area contributed by atoms with Gasteiger partial charge in [-0.25, -0.2) is 14.8 Å². The molecule has 178 valence electrons. The fraction of sp³-hybridized carbons (Fsp3) is 0.192. The molecule has 0 spiro atoms. The summed E-state index contributed by atoms with van der Waals surface area (Å²) in [5, 5.41) is 12.8. The van der Waals surface area contributed by atoms with Crippen molar-refractivity contribution in [2.75, 3.05) is 17.6 Å². The number of nitrogens with two attached hydrogens (primary N) is 1. The Bertz CT molecular complexity index is 1480. The molecule has 4 N–H and O–H groups in total. The van der Waals surface area contributed by atoms with E-state index in [2.05, 4.69) is 15.3 Å². The summed E-state index contributed by atoms with van der Waals surface area (Å²) in [6.45, 7) is 4.15. The molecular weight excluding hydrogens is 444 g/mol. The van der Waals surface area contributed by atoms with Crippen molar-refractivity contribution >= 4 is 34.7 Å². The van der Waals surface area contributed by atoms with Crippen LogP contribution >= 0.6 is 0 Å². The maximum Gasteiger partial charge on any atom is 0.328 e. The van der Waals surface area contributed by atoms with Gasteiger partial charge < -0.3 is 16.2 Å². The van der Waals surface area contributed by atoms with Crippen LogP contribution < -0.4 is 16.6 Å². The summed E-state index contributed by atoms with van der Waals surface area (Å²) in [5.41, 5.74) is 9.15. The highest BCUT2D eigenvalue weighted by Crippen LogP contribution is 2.20. The molecule has 35 heavy (non-hydrogen) atoms. The lowest BCUT2D eigenvalue weighted by Crippen LogP contribution is -2.25. The molecule has 0 fully saturated rings. The van der Waals surface area contributed by atoms with Crippen LogP contribution in [0, 0.1) is 13.8 Å². The molecule has 0 saturated carbocycles. The number of fused-ring (bicyclic) bond motifs is 1. The third kappa shape index (κ3) is 5.19. The molecule has 0 saturated heterocycles. The minimum atomic E-state index is -1.07. The Kier molecular flexibility index (Phi) is 6.86. The van der Waals surface area contributed by atoms with Crippen LogP contribution in [-0.4, -0.2) is 37.1 Å². The third-order valence-corrected chi connectivity index (χ3v) is 5.61. The number of carboxylic acids is 1. The standard InChI is InChI=1S/C26H26N6O3/c1-16-8-6-11-20-23(16)25(35)32(18-9-4-3-5-10-18)21(30-20)12-7-15-28-24-19(13-14-22(33)34)17(2)29-26(27)31-24/h3-6,8-11,13-14H,7,12,15H2,1-2H3,(H,33,34)(H3,27,28,29,31). The molecule has 2 aromatic carbocycles. The summed E-state index contributed by atoms with van der Waals surface area (Å²) in [6.07, 6.45) is 3.65. The number of anilines is 2. The summed E-state index contributed by atoms with van der Waals surface area (Å²) >= 11 is 0. The van der Waals surface area contributed by atoms with E-state index in [-0.39, 0.29) is 11.5 Å². The number of para-hydroxylation sites is 1. The second-order valence-corrected chi connectivity index (χ2v) is 8.10. The molecule has 0 aliphatic heterocycles. The molecule has 0 bridgehead atoms. The van der Waals surface area contributed by atoms with E-state index in [1.807, 2.05) is 55.5 Å². The van der Waals surface area contributed by atoms with Crippen molar-refractivity contribution in [3.05, 3.63) is 87.6 Å². The highest BCUT2D eigenvalue weighted by molar-refractivity contribution is 5.87. The van der Waals surface area contributed by atoms with E-state index in [4.69, 9.17) is 15.8 Å².